The predicted octanol–water partition coefficient (Wildman–Crippen LogP) is 8.54. The normalized spacial score (nSPS) is 17.3. The number of H-pyrrole nitrogens is 1. The summed E-state index contributed by atoms with van der Waals surface area (Å²) in [7, 11) is 4.11. The van der Waals surface area contributed by atoms with Gasteiger partial charge in [0.2, 0.25) is 5.91 Å². The maximum atomic E-state index is 14.2. The first-order chi connectivity index (χ1) is 23.0. The molecule has 0 saturated heterocycles. The average molecular weight is 644 g/mol. The van der Waals surface area contributed by atoms with Gasteiger partial charge in [-0.3, -0.25) is 9.59 Å². The minimum atomic E-state index is -0.595. The number of aromatic nitrogens is 2. The van der Waals surface area contributed by atoms with Crippen LogP contribution in [-0.4, -0.2) is 47.8 Å². The van der Waals surface area contributed by atoms with E-state index in [0.29, 0.717) is 5.56 Å². The van der Waals surface area contributed by atoms with Gasteiger partial charge in [0.25, 0.3) is 0 Å². The summed E-state index contributed by atoms with van der Waals surface area (Å²) in [5.74, 6) is 0.178. The molecule has 0 spiro atoms. The van der Waals surface area contributed by atoms with Gasteiger partial charge in [-0.25, -0.2) is 4.98 Å². The van der Waals surface area contributed by atoms with E-state index < -0.39 is 5.92 Å². The van der Waals surface area contributed by atoms with E-state index in [4.69, 9.17) is 4.98 Å². The Hall–Kier alpha value is -4.65. The molecule has 1 atom stereocenters. The van der Waals surface area contributed by atoms with Crippen molar-refractivity contribution in [2.24, 2.45) is 0 Å². The largest absolute Gasteiger partial charge is 0.377 e. The van der Waals surface area contributed by atoms with Crippen LogP contribution in [0, 0.1) is 0 Å². The second kappa shape index (κ2) is 13.8. The lowest BCUT2D eigenvalue weighted by molar-refractivity contribution is -0.123. The number of aryl methyl sites for hydroxylation is 1. The number of pyridine rings is 1. The molecule has 7 heteroatoms. The standard InChI is InChI=1S/C41H49N5O2/c1-7-26-11-10-13-31-34(25-42-39(26)31)33(23-37(47)27-15-17-28(18-16-27)41(2,3)4)40(48)44-30-21-19-29(20-22-30)43-38-24-36(46(5)6)32-12-8-9-14-35(32)45-38/h8-18,24-25,29-30,33,42H,7,19-23H2,1-6H3,(H,43,45)(H,44,48)/t29-,30+,33?. The van der Waals surface area contributed by atoms with Crippen molar-refractivity contribution >= 4 is 45.0 Å². The molecule has 1 saturated carbocycles. The Morgan fingerprint density at radius 3 is 2.29 bits per heavy atom. The molecule has 0 radical (unpaired) electrons. The zero-order valence-electron chi connectivity index (χ0n) is 29.2. The number of Topliss-reactive ketones (excluding diaryl/α,β-unsaturated/α-hetero) is 1. The molecule has 1 aliphatic rings. The molecule has 7 nitrogen and oxygen atoms in total. The number of fused-ring (bicyclic) bond motifs is 2. The highest BCUT2D eigenvalue weighted by Crippen LogP contribution is 2.33. The first kappa shape index (κ1) is 33.3. The number of anilines is 2. The molecule has 0 bridgehead atoms. The number of ketones is 1. The number of nitrogens with zero attached hydrogens (tertiary/aromatic N) is 2. The van der Waals surface area contributed by atoms with Gasteiger partial charge in [0.05, 0.1) is 11.4 Å². The van der Waals surface area contributed by atoms with Crippen LogP contribution in [0.3, 0.4) is 0 Å². The van der Waals surface area contributed by atoms with Crippen LogP contribution in [0.25, 0.3) is 21.8 Å². The summed E-state index contributed by atoms with van der Waals surface area (Å²) < 4.78 is 0. The van der Waals surface area contributed by atoms with E-state index in [0.717, 1.165) is 71.0 Å². The summed E-state index contributed by atoms with van der Waals surface area (Å²) in [6, 6.07) is 24.8. The lowest BCUT2D eigenvalue weighted by Gasteiger charge is -2.31. The van der Waals surface area contributed by atoms with Crippen LogP contribution in [0.2, 0.25) is 0 Å². The van der Waals surface area contributed by atoms with Crippen molar-refractivity contribution in [3.8, 4) is 0 Å². The molecule has 1 unspecified atom stereocenters. The van der Waals surface area contributed by atoms with Crippen molar-refractivity contribution in [2.45, 2.75) is 89.6 Å². The number of nitrogens with one attached hydrogen (secondary N) is 3. The maximum Gasteiger partial charge on any atom is 0.228 e. The predicted molar refractivity (Wildman–Crippen MR) is 198 cm³/mol. The first-order valence-electron chi connectivity index (χ1n) is 17.4. The van der Waals surface area contributed by atoms with E-state index >= 15 is 0 Å². The molecule has 2 aromatic heterocycles. The number of aromatic amines is 1. The van der Waals surface area contributed by atoms with Crippen molar-refractivity contribution in [3.05, 3.63) is 101 Å². The van der Waals surface area contributed by atoms with E-state index in [1.165, 1.54) is 11.1 Å². The van der Waals surface area contributed by atoms with E-state index in [2.05, 4.69) is 92.6 Å². The van der Waals surface area contributed by atoms with Gasteiger partial charge in [-0.05, 0) is 60.3 Å². The number of hydrogen-bond donors (Lipinski definition) is 3. The maximum absolute atomic E-state index is 14.2. The fourth-order valence-electron chi connectivity index (χ4n) is 7.12. The first-order valence-corrected chi connectivity index (χ1v) is 17.4. The molecule has 48 heavy (non-hydrogen) atoms. The Balaban J connectivity index is 1.17. The van der Waals surface area contributed by atoms with Gasteiger partial charge in [-0.15, -0.1) is 0 Å². The SMILES string of the molecule is CCc1cccc2c(C(CC(=O)c3ccc(C(C)(C)C)cc3)C(=O)N[C@H]3CC[C@@H](Nc4cc(N(C)C)c5ccccc5n4)CC3)c[nH]c12. The van der Waals surface area contributed by atoms with Crippen LogP contribution in [0.4, 0.5) is 11.5 Å². The Kier molecular flexibility index (Phi) is 9.58. The third-order valence-electron chi connectivity index (χ3n) is 9.97. The quantitative estimate of drug-likeness (QED) is 0.133. The van der Waals surface area contributed by atoms with Gasteiger partial charge in [0.1, 0.15) is 5.82 Å². The zero-order chi connectivity index (χ0) is 34.0. The fourth-order valence-corrected chi connectivity index (χ4v) is 7.12. The zero-order valence-corrected chi connectivity index (χ0v) is 29.2. The van der Waals surface area contributed by atoms with Crippen molar-refractivity contribution in [3.63, 3.8) is 0 Å². The number of carbonyl (C=O) groups excluding carboxylic acids is 2. The van der Waals surface area contributed by atoms with Crippen LogP contribution in [-0.2, 0) is 16.6 Å². The molecule has 0 aliphatic heterocycles. The van der Waals surface area contributed by atoms with Gasteiger partial charge in [0, 0.05) is 72.4 Å². The van der Waals surface area contributed by atoms with Crippen LogP contribution < -0.4 is 15.5 Å². The number of rotatable bonds is 10. The van der Waals surface area contributed by atoms with Crippen molar-refractivity contribution in [1.82, 2.24) is 15.3 Å². The second-order valence-corrected chi connectivity index (χ2v) is 14.6. The Morgan fingerprint density at radius 2 is 1.60 bits per heavy atom. The summed E-state index contributed by atoms with van der Waals surface area (Å²) in [5, 5.41) is 9.19. The molecule has 1 amide bonds. The van der Waals surface area contributed by atoms with Gasteiger partial charge >= 0.3 is 0 Å². The van der Waals surface area contributed by atoms with Gasteiger partial charge in [-0.1, -0.05) is 88.4 Å². The summed E-state index contributed by atoms with van der Waals surface area (Å²) in [6.45, 7) is 8.62. The Bertz CT molecular complexity index is 1910. The van der Waals surface area contributed by atoms with Gasteiger partial charge in [0.15, 0.2) is 5.78 Å². The molecule has 250 valence electrons. The van der Waals surface area contributed by atoms with Crippen LogP contribution >= 0.6 is 0 Å². The molecule has 1 aliphatic carbocycles. The van der Waals surface area contributed by atoms with Crippen molar-refractivity contribution in [2.75, 3.05) is 24.3 Å². The van der Waals surface area contributed by atoms with E-state index in [-0.39, 0.29) is 35.6 Å². The van der Waals surface area contributed by atoms with Crippen molar-refractivity contribution < 1.29 is 9.59 Å². The molecule has 2 heterocycles. The van der Waals surface area contributed by atoms with Crippen LogP contribution in [0.1, 0.15) is 92.8 Å². The molecule has 1 fully saturated rings. The monoisotopic (exact) mass is 643 g/mol. The number of para-hydroxylation sites is 2. The molecule has 3 N–H and O–H groups in total. The molecule has 6 rings (SSSR count). The second-order valence-electron chi connectivity index (χ2n) is 14.6. The molecule has 3 aromatic carbocycles. The summed E-state index contributed by atoms with van der Waals surface area (Å²) in [6.07, 6.45) is 6.50. The summed E-state index contributed by atoms with van der Waals surface area (Å²) in [4.78, 5) is 38.3. The fraction of sp³-hybridized carbons (Fsp3) is 0.390. The molecular weight excluding hydrogens is 594 g/mol. The molecular formula is C41H49N5O2. The molecule has 5 aromatic rings. The van der Waals surface area contributed by atoms with Gasteiger partial charge in [-0.2, -0.15) is 0 Å². The topological polar surface area (TPSA) is 90.1 Å². The highest BCUT2D eigenvalue weighted by atomic mass is 16.2. The third kappa shape index (κ3) is 7.10. The van der Waals surface area contributed by atoms with Crippen LogP contribution in [0.15, 0.2) is 79.0 Å². The Labute approximate surface area is 284 Å². The van der Waals surface area contributed by atoms with E-state index in [9.17, 15) is 9.59 Å². The van der Waals surface area contributed by atoms with E-state index in [1.54, 1.807) is 0 Å². The summed E-state index contributed by atoms with van der Waals surface area (Å²) >= 11 is 0. The number of carbonyl (C=O) groups is 2. The lowest BCUT2D eigenvalue weighted by atomic mass is 9.85. The number of amides is 1. The minimum absolute atomic E-state index is 0.000692. The number of benzene rings is 3. The smallest absolute Gasteiger partial charge is 0.228 e. The summed E-state index contributed by atoms with van der Waals surface area (Å²) in [5.41, 5.74) is 7.05. The lowest BCUT2D eigenvalue weighted by Crippen LogP contribution is -2.42. The van der Waals surface area contributed by atoms with E-state index in [1.807, 2.05) is 48.7 Å². The Morgan fingerprint density at radius 1 is 0.917 bits per heavy atom. The highest BCUT2D eigenvalue weighted by Gasteiger charge is 2.31. The number of hydrogen-bond acceptors (Lipinski definition) is 5. The van der Waals surface area contributed by atoms with Crippen molar-refractivity contribution in [1.29, 1.82) is 0 Å². The average Bonchev–Trinajstić information content (AvgIpc) is 3.51. The van der Waals surface area contributed by atoms with Crippen LogP contribution in [0.5, 0.6) is 0 Å². The third-order valence-corrected chi connectivity index (χ3v) is 9.97. The van der Waals surface area contributed by atoms with Gasteiger partial charge < -0.3 is 20.5 Å². The highest BCUT2D eigenvalue weighted by molar-refractivity contribution is 6.02. The minimum Gasteiger partial charge on any atom is -0.377 e.